The van der Waals surface area contributed by atoms with E-state index in [1.807, 2.05) is 20.8 Å². The standard InChI is InChI=1S/C13H18O3/c1-13(2,3)8-10(12(15)16)9-6-4-5-7-11(9)14/h4-7,10,14H,8H2,1-3H3,(H,15,16). The van der Waals surface area contributed by atoms with Crippen LogP contribution in [-0.4, -0.2) is 16.2 Å². The molecule has 3 nitrogen and oxygen atoms in total. The van der Waals surface area contributed by atoms with Crippen molar-refractivity contribution in [3.63, 3.8) is 0 Å². The lowest BCUT2D eigenvalue weighted by Gasteiger charge is -2.23. The number of phenols is 1. The maximum absolute atomic E-state index is 11.2. The minimum Gasteiger partial charge on any atom is -0.508 e. The average Bonchev–Trinajstić information content (AvgIpc) is 2.13. The maximum atomic E-state index is 11.2. The summed E-state index contributed by atoms with van der Waals surface area (Å²) in [5, 5.41) is 18.9. The molecule has 1 rings (SSSR count). The van der Waals surface area contributed by atoms with E-state index >= 15 is 0 Å². The summed E-state index contributed by atoms with van der Waals surface area (Å²) in [4.78, 5) is 11.2. The molecule has 1 unspecified atom stereocenters. The second-order valence-electron chi connectivity index (χ2n) is 5.21. The predicted octanol–water partition coefficient (Wildman–Crippen LogP) is 3.00. The van der Waals surface area contributed by atoms with Gasteiger partial charge in [0.15, 0.2) is 0 Å². The number of hydrogen-bond acceptors (Lipinski definition) is 2. The Bertz CT molecular complexity index is 377. The van der Waals surface area contributed by atoms with Gasteiger partial charge in [0.1, 0.15) is 5.75 Å². The van der Waals surface area contributed by atoms with E-state index in [1.54, 1.807) is 18.2 Å². The fraction of sp³-hybridized carbons (Fsp3) is 0.462. The summed E-state index contributed by atoms with van der Waals surface area (Å²) < 4.78 is 0. The molecule has 0 fully saturated rings. The fourth-order valence-electron chi connectivity index (χ4n) is 1.72. The summed E-state index contributed by atoms with van der Waals surface area (Å²) in [6, 6.07) is 6.62. The van der Waals surface area contributed by atoms with Gasteiger partial charge in [0.2, 0.25) is 0 Å². The van der Waals surface area contributed by atoms with Crippen molar-refractivity contribution in [3.05, 3.63) is 29.8 Å². The lowest BCUT2D eigenvalue weighted by Crippen LogP contribution is -2.19. The summed E-state index contributed by atoms with van der Waals surface area (Å²) in [5.41, 5.74) is 0.399. The van der Waals surface area contributed by atoms with Gasteiger partial charge >= 0.3 is 5.97 Å². The van der Waals surface area contributed by atoms with Crippen LogP contribution in [0.5, 0.6) is 5.75 Å². The molecule has 2 N–H and O–H groups in total. The molecule has 0 aromatic heterocycles. The molecule has 0 bridgehead atoms. The second kappa shape index (κ2) is 4.56. The Morgan fingerprint density at radius 1 is 1.31 bits per heavy atom. The highest BCUT2D eigenvalue weighted by Crippen LogP contribution is 2.35. The fourth-order valence-corrected chi connectivity index (χ4v) is 1.72. The summed E-state index contributed by atoms with van der Waals surface area (Å²) in [7, 11) is 0. The van der Waals surface area contributed by atoms with Crippen LogP contribution in [0.1, 0.15) is 38.7 Å². The van der Waals surface area contributed by atoms with Gasteiger partial charge in [-0.25, -0.2) is 0 Å². The first-order chi connectivity index (χ1) is 7.31. The Balaban J connectivity index is 3.04. The zero-order valence-corrected chi connectivity index (χ0v) is 9.90. The topological polar surface area (TPSA) is 57.5 Å². The first-order valence-electron chi connectivity index (χ1n) is 5.32. The highest BCUT2D eigenvalue weighted by molar-refractivity contribution is 5.77. The van der Waals surface area contributed by atoms with Crippen molar-refractivity contribution in [2.24, 2.45) is 5.41 Å². The summed E-state index contributed by atoms with van der Waals surface area (Å²) >= 11 is 0. The number of hydrogen-bond donors (Lipinski definition) is 2. The number of para-hydroxylation sites is 1. The second-order valence-corrected chi connectivity index (χ2v) is 5.21. The first-order valence-corrected chi connectivity index (χ1v) is 5.32. The summed E-state index contributed by atoms with van der Waals surface area (Å²) in [5.74, 6) is -1.49. The van der Waals surface area contributed by atoms with Gasteiger partial charge in [-0.3, -0.25) is 4.79 Å². The van der Waals surface area contributed by atoms with Gasteiger partial charge in [0.05, 0.1) is 5.92 Å². The van der Waals surface area contributed by atoms with Gasteiger partial charge in [0.25, 0.3) is 0 Å². The molecule has 0 heterocycles. The molecule has 88 valence electrons. The Hall–Kier alpha value is -1.51. The first kappa shape index (κ1) is 12.6. The van der Waals surface area contributed by atoms with Crippen LogP contribution in [0, 0.1) is 5.41 Å². The van der Waals surface area contributed by atoms with Crippen molar-refractivity contribution in [3.8, 4) is 5.75 Å². The highest BCUT2D eigenvalue weighted by Gasteiger charge is 2.27. The van der Waals surface area contributed by atoms with Crippen molar-refractivity contribution >= 4 is 5.97 Å². The predicted molar refractivity (Wildman–Crippen MR) is 62.6 cm³/mol. The number of carbonyl (C=O) groups is 1. The molecule has 0 radical (unpaired) electrons. The Morgan fingerprint density at radius 2 is 1.88 bits per heavy atom. The molecule has 0 spiro atoms. The zero-order chi connectivity index (χ0) is 12.3. The third kappa shape index (κ3) is 3.26. The molecule has 1 aromatic rings. The van der Waals surface area contributed by atoms with Gasteiger partial charge in [-0.1, -0.05) is 39.0 Å². The third-order valence-electron chi connectivity index (χ3n) is 2.43. The van der Waals surface area contributed by atoms with Crippen molar-refractivity contribution < 1.29 is 15.0 Å². The van der Waals surface area contributed by atoms with Crippen LogP contribution >= 0.6 is 0 Å². The monoisotopic (exact) mass is 222 g/mol. The molecule has 3 heteroatoms. The molecule has 1 atom stereocenters. The largest absolute Gasteiger partial charge is 0.508 e. The van der Waals surface area contributed by atoms with Crippen molar-refractivity contribution in [2.75, 3.05) is 0 Å². The van der Waals surface area contributed by atoms with E-state index in [1.165, 1.54) is 6.07 Å². The van der Waals surface area contributed by atoms with E-state index in [0.29, 0.717) is 12.0 Å². The average molecular weight is 222 g/mol. The van der Waals surface area contributed by atoms with Crippen molar-refractivity contribution in [1.82, 2.24) is 0 Å². The molecule has 0 saturated heterocycles. The smallest absolute Gasteiger partial charge is 0.311 e. The molecule has 0 aliphatic rings. The van der Waals surface area contributed by atoms with Crippen molar-refractivity contribution in [1.29, 1.82) is 0 Å². The zero-order valence-electron chi connectivity index (χ0n) is 9.90. The molecule has 1 aromatic carbocycles. The van der Waals surface area contributed by atoms with Crippen LogP contribution < -0.4 is 0 Å². The minimum atomic E-state index is -0.892. The number of aliphatic carboxylic acids is 1. The van der Waals surface area contributed by atoms with Crippen LogP contribution in [0.25, 0.3) is 0 Å². The van der Waals surface area contributed by atoms with E-state index in [4.69, 9.17) is 0 Å². The van der Waals surface area contributed by atoms with Gasteiger partial charge in [-0.15, -0.1) is 0 Å². The lowest BCUT2D eigenvalue weighted by molar-refractivity contribution is -0.139. The van der Waals surface area contributed by atoms with Gasteiger partial charge in [0, 0.05) is 5.56 Å². The Labute approximate surface area is 95.7 Å². The van der Waals surface area contributed by atoms with E-state index < -0.39 is 11.9 Å². The molecule has 0 aliphatic heterocycles. The van der Waals surface area contributed by atoms with E-state index in [-0.39, 0.29) is 11.2 Å². The highest BCUT2D eigenvalue weighted by atomic mass is 16.4. The number of rotatable bonds is 3. The van der Waals surface area contributed by atoms with Gasteiger partial charge in [-0.2, -0.15) is 0 Å². The van der Waals surface area contributed by atoms with E-state index in [2.05, 4.69) is 0 Å². The SMILES string of the molecule is CC(C)(C)CC(C(=O)O)c1ccccc1O. The number of phenolic OH excluding ortho intramolecular Hbond substituents is 1. The molecular formula is C13H18O3. The molecule has 16 heavy (non-hydrogen) atoms. The number of benzene rings is 1. The van der Waals surface area contributed by atoms with Gasteiger partial charge in [-0.05, 0) is 17.9 Å². The summed E-state index contributed by atoms with van der Waals surface area (Å²) in [6.45, 7) is 5.97. The molecule has 0 amide bonds. The number of carboxylic acids is 1. The van der Waals surface area contributed by atoms with Crippen LogP contribution in [0.3, 0.4) is 0 Å². The lowest BCUT2D eigenvalue weighted by atomic mass is 9.81. The number of aromatic hydroxyl groups is 1. The maximum Gasteiger partial charge on any atom is 0.311 e. The Kier molecular flexibility index (Phi) is 3.58. The minimum absolute atomic E-state index is 0.0548. The molecule has 0 saturated carbocycles. The normalized spacial score (nSPS) is 13.4. The van der Waals surface area contributed by atoms with E-state index in [9.17, 15) is 15.0 Å². The van der Waals surface area contributed by atoms with E-state index in [0.717, 1.165) is 0 Å². The Morgan fingerprint density at radius 3 is 2.31 bits per heavy atom. The third-order valence-corrected chi connectivity index (χ3v) is 2.43. The molecule has 0 aliphatic carbocycles. The van der Waals surface area contributed by atoms with Gasteiger partial charge < -0.3 is 10.2 Å². The number of carboxylic acid groups (broad SMARTS) is 1. The van der Waals surface area contributed by atoms with Crippen LogP contribution in [0.15, 0.2) is 24.3 Å². The van der Waals surface area contributed by atoms with Crippen molar-refractivity contribution in [2.45, 2.75) is 33.1 Å². The quantitative estimate of drug-likeness (QED) is 0.826. The van der Waals surface area contributed by atoms with Crippen LogP contribution in [0.4, 0.5) is 0 Å². The molecular weight excluding hydrogens is 204 g/mol. The van der Waals surface area contributed by atoms with Crippen LogP contribution in [0.2, 0.25) is 0 Å². The van der Waals surface area contributed by atoms with Crippen LogP contribution in [-0.2, 0) is 4.79 Å². The summed E-state index contributed by atoms with van der Waals surface area (Å²) in [6.07, 6.45) is 0.500.